The van der Waals surface area contributed by atoms with Crippen LogP contribution in [0.4, 0.5) is 5.69 Å². The van der Waals surface area contributed by atoms with Gasteiger partial charge in [0.05, 0.1) is 5.57 Å². The molecule has 0 fully saturated rings. The fourth-order valence-electron chi connectivity index (χ4n) is 1.42. The number of carbonyl (C=O) groups excluding carboxylic acids is 1. The lowest BCUT2D eigenvalue weighted by atomic mass is 10.1. The molecule has 1 aromatic rings. The van der Waals surface area contributed by atoms with E-state index in [0.717, 1.165) is 11.1 Å². The third kappa shape index (κ3) is 3.24. The second-order valence-corrected chi connectivity index (χ2v) is 3.53. The second kappa shape index (κ2) is 5.11. The third-order valence-electron chi connectivity index (χ3n) is 2.00. The molecule has 0 radical (unpaired) electrons. The summed E-state index contributed by atoms with van der Waals surface area (Å²) in [6, 6.07) is 5.55. The monoisotopic (exact) mass is 217 g/mol. The van der Waals surface area contributed by atoms with Crippen LogP contribution in [0.3, 0.4) is 0 Å². The van der Waals surface area contributed by atoms with E-state index >= 15 is 0 Å². The lowest BCUT2D eigenvalue weighted by Crippen LogP contribution is -2.14. The van der Waals surface area contributed by atoms with Crippen LogP contribution in [0.1, 0.15) is 11.1 Å². The molecule has 4 N–H and O–H groups in total. The average molecular weight is 217 g/mol. The van der Waals surface area contributed by atoms with E-state index in [1.165, 1.54) is 6.21 Å². The van der Waals surface area contributed by atoms with Crippen molar-refractivity contribution in [3.63, 3.8) is 0 Å². The number of amides is 1. The number of nitrogens with zero attached hydrogens (tertiary/aromatic N) is 1. The SMILES string of the molecule is C/N=C/C(=C\c1cc(C)cc(N)c1)C(N)=O. The highest BCUT2D eigenvalue weighted by atomic mass is 16.1. The van der Waals surface area contributed by atoms with E-state index < -0.39 is 5.91 Å². The van der Waals surface area contributed by atoms with E-state index in [9.17, 15) is 4.79 Å². The fourth-order valence-corrected chi connectivity index (χ4v) is 1.42. The van der Waals surface area contributed by atoms with Crippen molar-refractivity contribution in [2.75, 3.05) is 12.8 Å². The van der Waals surface area contributed by atoms with Gasteiger partial charge in [-0.15, -0.1) is 0 Å². The molecule has 0 aliphatic rings. The number of nitrogens with two attached hydrogens (primary N) is 2. The molecule has 0 aromatic heterocycles. The minimum atomic E-state index is -0.509. The molecule has 4 nitrogen and oxygen atoms in total. The largest absolute Gasteiger partial charge is 0.399 e. The van der Waals surface area contributed by atoms with E-state index in [1.807, 2.05) is 19.1 Å². The number of hydrogen-bond acceptors (Lipinski definition) is 3. The van der Waals surface area contributed by atoms with Crippen LogP contribution in [-0.4, -0.2) is 19.2 Å². The van der Waals surface area contributed by atoms with Crippen molar-refractivity contribution in [3.05, 3.63) is 34.9 Å². The zero-order valence-corrected chi connectivity index (χ0v) is 9.40. The first-order chi connectivity index (χ1) is 7.52. The smallest absolute Gasteiger partial charge is 0.250 e. The molecule has 0 atom stereocenters. The summed E-state index contributed by atoms with van der Waals surface area (Å²) in [5.41, 5.74) is 13.8. The van der Waals surface area contributed by atoms with Gasteiger partial charge in [-0.1, -0.05) is 6.07 Å². The summed E-state index contributed by atoms with van der Waals surface area (Å²) in [5.74, 6) is -0.509. The van der Waals surface area contributed by atoms with Crippen molar-refractivity contribution in [1.82, 2.24) is 0 Å². The van der Waals surface area contributed by atoms with Gasteiger partial charge in [0.25, 0.3) is 0 Å². The van der Waals surface area contributed by atoms with E-state index in [-0.39, 0.29) is 0 Å². The molecule has 0 saturated heterocycles. The van der Waals surface area contributed by atoms with Gasteiger partial charge in [-0.25, -0.2) is 0 Å². The summed E-state index contributed by atoms with van der Waals surface area (Å²) in [6.45, 7) is 1.94. The van der Waals surface area contributed by atoms with Crippen LogP contribution in [0.15, 0.2) is 28.8 Å². The molecule has 4 heteroatoms. The molecule has 84 valence electrons. The van der Waals surface area contributed by atoms with E-state index in [4.69, 9.17) is 11.5 Å². The highest BCUT2D eigenvalue weighted by molar-refractivity contribution is 6.15. The molecule has 0 unspecified atom stereocenters. The van der Waals surface area contributed by atoms with Gasteiger partial charge in [0.15, 0.2) is 0 Å². The Balaban J connectivity index is 3.17. The maximum absolute atomic E-state index is 11.1. The van der Waals surface area contributed by atoms with Crippen LogP contribution in [0.2, 0.25) is 0 Å². The van der Waals surface area contributed by atoms with Gasteiger partial charge in [-0.3, -0.25) is 9.79 Å². The van der Waals surface area contributed by atoms with Crippen molar-refractivity contribution in [3.8, 4) is 0 Å². The van der Waals surface area contributed by atoms with Gasteiger partial charge in [0, 0.05) is 18.9 Å². The van der Waals surface area contributed by atoms with Crippen LogP contribution >= 0.6 is 0 Å². The first-order valence-corrected chi connectivity index (χ1v) is 4.83. The van der Waals surface area contributed by atoms with Crippen molar-refractivity contribution >= 4 is 23.9 Å². The Kier molecular flexibility index (Phi) is 3.83. The summed E-state index contributed by atoms with van der Waals surface area (Å²) in [5, 5.41) is 0. The minimum absolute atomic E-state index is 0.354. The number of primary amides is 1. The number of benzene rings is 1. The molecule has 0 bridgehead atoms. The normalized spacial score (nSPS) is 12.0. The Morgan fingerprint density at radius 3 is 2.56 bits per heavy atom. The number of anilines is 1. The molecule has 0 aliphatic heterocycles. The molecule has 1 amide bonds. The van der Waals surface area contributed by atoms with Crippen molar-refractivity contribution < 1.29 is 4.79 Å². The predicted octanol–water partition coefficient (Wildman–Crippen LogP) is 1.15. The molecule has 0 aliphatic carbocycles. The van der Waals surface area contributed by atoms with Gasteiger partial charge in [-0.2, -0.15) is 0 Å². The van der Waals surface area contributed by atoms with Gasteiger partial charge < -0.3 is 11.5 Å². The first kappa shape index (κ1) is 12.0. The number of rotatable bonds is 3. The quantitative estimate of drug-likeness (QED) is 0.452. The maximum Gasteiger partial charge on any atom is 0.250 e. The van der Waals surface area contributed by atoms with Crippen LogP contribution in [0, 0.1) is 6.92 Å². The Labute approximate surface area is 94.7 Å². The summed E-state index contributed by atoms with van der Waals surface area (Å²) in [6.07, 6.45) is 3.10. The standard InChI is InChI=1S/C12H15N3O/c1-8-3-9(6-11(13)4-8)5-10(7-15-2)12(14)16/h3-7H,13H2,1-2H3,(H2,14,16)/b10-5+,15-7+. The van der Waals surface area contributed by atoms with Crippen molar-refractivity contribution in [2.24, 2.45) is 10.7 Å². The Morgan fingerprint density at radius 2 is 2.06 bits per heavy atom. The van der Waals surface area contributed by atoms with Crippen LogP contribution < -0.4 is 11.5 Å². The average Bonchev–Trinajstić information content (AvgIpc) is 2.15. The van der Waals surface area contributed by atoms with Gasteiger partial charge in [-0.05, 0) is 36.3 Å². The Morgan fingerprint density at radius 1 is 1.38 bits per heavy atom. The topological polar surface area (TPSA) is 81.5 Å². The molecule has 1 aromatic carbocycles. The minimum Gasteiger partial charge on any atom is -0.399 e. The summed E-state index contributed by atoms with van der Waals surface area (Å²) < 4.78 is 0. The number of aryl methyl sites for hydroxylation is 1. The second-order valence-electron chi connectivity index (χ2n) is 3.53. The van der Waals surface area contributed by atoms with Gasteiger partial charge in [0.1, 0.15) is 0 Å². The van der Waals surface area contributed by atoms with E-state index in [1.54, 1.807) is 19.2 Å². The summed E-state index contributed by atoms with van der Waals surface area (Å²) in [7, 11) is 1.58. The van der Waals surface area contributed by atoms with Gasteiger partial charge >= 0.3 is 0 Å². The molecular weight excluding hydrogens is 202 g/mol. The van der Waals surface area contributed by atoms with E-state index in [0.29, 0.717) is 11.3 Å². The number of hydrogen-bond donors (Lipinski definition) is 2. The maximum atomic E-state index is 11.1. The van der Waals surface area contributed by atoms with E-state index in [2.05, 4.69) is 4.99 Å². The Bertz CT molecular complexity index is 441. The first-order valence-electron chi connectivity index (χ1n) is 4.83. The molecule has 1 rings (SSSR count). The molecule has 0 heterocycles. The van der Waals surface area contributed by atoms with Crippen LogP contribution in [-0.2, 0) is 4.79 Å². The predicted molar refractivity (Wildman–Crippen MR) is 67.2 cm³/mol. The highest BCUT2D eigenvalue weighted by Crippen LogP contribution is 2.14. The highest BCUT2D eigenvalue weighted by Gasteiger charge is 2.02. The van der Waals surface area contributed by atoms with Crippen LogP contribution in [0.5, 0.6) is 0 Å². The molecule has 0 saturated carbocycles. The summed E-state index contributed by atoms with van der Waals surface area (Å²) in [4.78, 5) is 14.9. The zero-order valence-electron chi connectivity index (χ0n) is 9.40. The zero-order chi connectivity index (χ0) is 12.1. The molecular formula is C12H15N3O. The number of nitrogen functional groups attached to an aromatic ring is 1. The molecule has 16 heavy (non-hydrogen) atoms. The number of carbonyl (C=O) groups is 1. The summed E-state index contributed by atoms with van der Waals surface area (Å²) >= 11 is 0. The van der Waals surface area contributed by atoms with Crippen LogP contribution in [0.25, 0.3) is 6.08 Å². The van der Waals surface area contributed by atoms with Crippen molar-refractivity contribution in [2.45, 2.75) is 6.92 Å². The Hall–Kier alpha value is -2.10. The molecule has 0 spiro atoms. The number of aliphatic imine (C=N–C) groups is 1. The lowest BCUT2D eigenvalue weighted by molar-refractivity contribution is -0.114. The fraction of sp³-hybridized carbons (Fsp3) is 0.167. The van der Waals surface area contributed by atoms with Crippen molar-refractivity contribution in [1.29, 1.82) is 0 Å². The van der Waals surface area contributed by atoms with Gasteiger partial charge in [0.2, 0.25) is 5.91 Å². The third-order valence-corrected chi connectivity index (χ3v) is 2.00. The lowest BCUT2D eigenvalue weighted by Gasteiger charge is -2.01.